The lowest BCUT2D eigenvalue weighted by Crippen LogP contribution is -2.43. The van der Waals surface area contributed by atoms with Crippen molar-refractivity contribution in [2.24, 2.45) is 5.41 Å². The Morgan fingerprint density at radius 3 is 2.25 bits per heavy atom. The molecule has 1 heterocycles. The first-order valence-corrected chi connectivity index (χ1v) is 7.98. The van der Waals surface area contributed by atoms with Crippen LogP contribution in [0.4, 0.5) is 0 Å². The third-order valence-electron chi connectivity index (χ3n) is 3.78. The maximum atomic E-state index is 11.0. The van der Waals surface area contributed by atoms with E-state index in [0.717, 1.165) is 32.4 Å². The molecular formula is C11H23NO3S. The highest BCUT2D eigenvalue weighted by Gasteiger charge is 2.32. The van der Waals surface area contributed by atoms with Gasteiger partial charge in [-0.15, -0.1) is 0 Å². The molecule has 1 aliphatic rings. The Morgan fingerprint density at radius 1 is 1.31 bits per heavy atom. The molecule has 0 aromatic carbocycles. The molecule has 0 unspecified atom stereocenters. The van der Waals surface area contributed by atoms with Gasteiger partial charge >= 0.3 is 0 Å². The molecule has 1 fully saturated rings. The zero-order valence-electron chi connectivity index (χ0n) is 10.3. The van der Waals surface area contributed by atoms with E-state index in [0.29, 0.717) is 6.54 Å². The van der Waals surface area contributed by atoms with Gasteiger partial charge < -0.3 is 10.0 Å². The minimum Gasteiger partial charge on any atom is -0.396 e. The summed E-state index contributed by atoms with van der Waals surface area (Å²) in [7, 11) is -2.85. The molecule has 0 bridgehead atoms. The van der Waals surface area contributed by atoms with Crippen LogP contribution in [0.15, 0.2) is 0 Å². The first-order chi connectivity index (χ1) is 7.41. The molecule has 5 heteroatoms. The Labute approximate surface area is 98.6 Å². The van der Waals surface area contributed by atoms with Gasteiger partial charge in [0, 0.05) is 19.4 Å². The lowest BCUT2D eigenvalue weighted by atomic mass is 9.77. The second-order valence-corrected chi connectivity index (χ2v) is 7.24. The average molecular weight is 249 g/mol. The van der Waals surface area contributed by atoms with Crippen LogP contribution < -0.4 is 0 Å². The molecule has 96 valence electrons. The fourth-order valence-electron chi connectivity index (χ4n) is 2.17. The lowest BCUT2D eigenvalue weighted by molar-refractivity contribution is 0.0431. The molecule has 1 rings (SSSR count). The van der Waals surface area contributed by atoms with Crippen LogP contribution in [0.5, 0.6) is 0 Å². The van der Waals surface area contributed by atoms with Crippen molar-refractivity contribution in [3.63, 3.8) is 0 Å². The van der Waals surface area contributed by atoms with Crippen molar-refractivity contribution in [2.75, 3.05) is 38.2 Å². The number of rotatable bonds is 5. The normalized spacial score (nSPS) is 22.2. The molecule has 0 radical (unpaired) electrons. The fraction of sp³-hybridized carbons (Fsp3) is 1.00. The first-order valence-electron chi connectivity index (χ1n) is 5.92. The van der Waals surface area contributed by atoms with Crippen molar-refractivity contribution in [3.8, 4) is 0 Å². The number of aliphatic hydroxyl groups excluding tert-OH is 1. The number of aliphatic hydroxyl groups is 1. The van der Waals surface area contributed by atoms with Gasteiger partial charge in [-0.1, -0.05) is 6.92 Å². The lowest BCUT2D eigenvalue weighted by Gasteiger charge is -2.40. The van der Waals surface area contributed by atoms with Crippen LogP contribution in [-0.4, -0.2) is 56.7 Å². The Morgan fingerprint density at radius 2 is 1.88 bits per heavy atom. The fourth-order valence-corrected chi connectivity index (χ4v) is 2.76. The Balaban J connectivity index is 2.37. The quantitative estimate of drug-likeness (QED) is 0.771. The number of nitrogens with zero attached hydrogens (tertiary/aromatic N) is 1. The third-order valence-corrected chi connectivity index (χ3v) is 4.70. The van der Waals surface area contributed by atoms with Gasteiger partial charge in [0.1, 0.15) is 9.84 Å². The number of hydrogen-bond acceptors (Lipinski definition) is 4. The highest BCUT2D eigenvalue weighted by molar-refractivity contribution is 7.90. The molecule has 0 aromatic heterocycles. The van der Waals surface area contributed by atoms with Gasteiger partial charge in [-0.05, 0) is 37.8 Å². The van der Waals surface area contributed by atoms with Gasteiger partial charge in [0.05, 0.1) is 5.75 Å². The predicted octanol–water partition coefficient (Wildman–Crippen LogP) is 0.515. The summed E-state index contributed by atoms with van der Waals surface area (Å²) in [6.07, 6.45) is 4.23. The molecule has 0 spiro atoms. The number of piperidine rings is 1. The van der Waals surface area contributed by atoms with E-state index >= 15 is 0 Å². The van der Waals surface area contributed by atoms with Crippen molar-refractivity contribution in [1.29, 1.82) is 0 Å². The summed E-state index contributed by atoms with van der Waals surface area (Å²) in [5.74, 6) is 0.241. The van der Waals surface area contributed by atoms with Crippen LogP contribution in [0.25, 0.3) is 0 Å². The summed E-state index contributed by atoms with van der Waals surface area (Å²) in [5, 5.41) is 9.37. The van der Waals surface area contributed by atoms with Crippen LogP contribution >= 0.6 is 0 Å². The summed E-state index contributed by atoms with van der Waals surface area (Å²) in [6, 6.07) is 0. The van der Waals surface area contributed by atoms with Crippen LogP contribution in [-0.2, 0) is 9.84 Å². The molecule has 0 aliphatic carbocycles. The second kappa shape index (κ2) is 5.47. The molecule has 0 atom stereocenters. The van der Waals surface area contributed by atoms with Crippen LogP contribution in [0.2, 0.25) is 0 Å². The van der Waals surface area contributed by atoms with E-state index in [4.69, 9.17) is 0 Å². The summed E-state index contributed by atoms with van der Waals surface area (Å²) in [4.78, 5) is 2.19. The first kappa shape index (κ1) is 13.9. The monoisotopic (exact) mass is 249 g/mol. The van der Waals surface area contributed by atoms with Gasteiger partial charge in [0.15, 0.2) is 0 Å². The van der Waals surface area contributed by atoms with E-state index < -0.39 is 9.84 Å². The number of likely N-dealkylation sites (tertiary alicyclic amines) is 1. The highest BCUT2D eigenvalue weighted by atomic mass is 32.2. The van der Waals surface area contributed by atoms with Crippen molar-refractivity contribution >= 4 is 9.84 Å². The van der Waals surface area contributed by atoms with Gasteiger partial charge in [0.2, 0.25) is 0 Å². The number of sulfone groups is 1. The molecule has 0 saturated carbocycles. The van der Waals surface area contributed by atoms with E-state index in [-0.39, 0.29) is 17.8 Å². The molecule has 16 heavy (non-hydrogen) atoms. The standard InChI is InChI=1S/C11H23NO3S/c1-3-11(10-13)4-6-12(7-5-11)8-9-16(2,14)15/h13H,3-10H2,1-2H3. The largest absolute Gasteiger partial charge is 0.396 e. The Hall–Kier alpha value is -0.130. The maximum absolute atomic E-state index is 11.0. The van der Waals surface area contributed by atoms with Crippen molar-refractivity contribution in [1.82, 2.24) is 4.90 Å². The minimum atomic E-state index is -2.85. The van der Waals surface area contributed by atoms with E-state index in [1.165, 1.54) is 6.26 Å². The van der Waals surface area contributed by atoms with Crippen molar-refractivity contribution in [2.45, 2.75) is 26.2 Å². The molecule has 4 nitrogen and oxygen atoms in total. The van der Waals surface area contributed by atoms with Gasteiger partial charge in [-0.2, -0.15) is 0 Å². The molecule has 0 aromatic rings. The maximum Gasteiger partial charge on any atom is 0.148 e. The predicted molar refractivity (Wildman–Crippen MR) is 65.2 cm³/mol. The summed E-state index contributed by atoms with van der Waals surface area (Å²) >= 11 is 0. The van der Waals surface area contributed by atoms with Crippen LogP contribution in [0.1, 0.15) is 26.2 Å². The van der Waals surface area contributed by atoms with Crippen LogP contribution in [0.3, 0.4) is 0 Å². The summed E-state index contributed by atoms with van der Waals surface area (Å²) in [5.41, 5.74) is 0.0849. The topological polar surface area (TPSA) is 57.6 Å². The Kier molecular flexibility index (Phi) is 4.76. The smallest absolute Gasteiger partial charge is 0.148 e. The molecule has 0 amide bonds. The SMILES string of the molecule is CCC1(CO)CCN(CCS(C)(=O)=O)CC1. The highest BCUT2D eigenvalue weighted by Crippen LogP contribution is 2.33. The van der Waals surface area contributed by atoms with Crippen molar-refractivity contribution < 1.29 is 13.5 Å². The van der Waals surface area contributed by atoms with E-state index in [1.807, 2.05) is 0 Å². The third kappa shape index (κ3) is 4.03. The van der Waals surface area contributed by atoms with E-state index in [1.54, 1.807) is 0 Å². The van der Waals surface area contributed by atoms with Gasteiger partial charge in [-0.25, -0.2) is 8.42 Å². The zero-order valence-corrected chi connectivity index (χ0v) is 11.1. The van der Waals surface area contributed by atoms with E-state index in [2.05, 4.69) is 11.8 Å². The summed E-state index contributed by atoms with van der Waals surface area (Å²) in [6.45, 7) is 4.81. The zero-order chi connectivity index (χ0) is 12.2. The minimum absolute atomic E-state index is 0.0849. The average Bonchev–Trinajstić information content (AvgIpc) is 2.26. The molecule has 1 saturated heterocycles. The van der Waals surface area contributed by atoms with E-state index in [9.17, 15) is 13.5 Å². The number of hydrogen-bond donors (Lipinski definition) is 1. The summed E-state index contributed by atoms with van der Waals surface area (Å²) < 4.78 is 22.1. The molecule has 1 N–H and O–H groups in total. The molecule has 1 aliphatic heterocycles. The van der Waals surface area contributed by atoms with Crippen LogP contribution in [0, 0.1) is 5.41 Å². The van der Waals surface area contributed by atoms with Gasteiger partial charge in [-0.3, -0.25) is 0 Å². The Bertz CT molecular complexity index is 299. The van der Waals surface area contributed by atoms with Crippen molar-refractivity contribution in [3.05, 3.63) is 0 Å². The van der Waals surface area contributed by atoms with Gasteiger partial charge in [0.25, 0.3) is 0 Å². The second-order valence-electron chi connectivity index (χ2n) is 4.98. The molecular weight excluding hydrogens is 226 g/mol.